The fourth-order valence-electron chi connectivity index (χ4n) is 3.38. The van der Waals surface area contributed by atoms with Gasteiger partial charge in [-0.15, -0.1) is 11.3 Å². The summed E-state index contributed by atoms with van der Waals surface area (Å²) in [6, 6.07) is 3.66. The number of benzene rings is 1. The number of nitrogens with one attached hydrogen (secondary N) is 1. The van der Waals surface area contributed by atoms with Crippen LogP contribution in [0.2, 0.25) is 5.02 Å². The van der Waals surface area contributed by atoms with Gasteiger partial charge >= 0.3 is 5.97 Å². The van der Waals surface area contributed by atoms with Gasteiger partial charge in [0, 0.05) is 17.0 Å². The van der Waals surface area contributed by atoms with Crippen LogP contribution in [0.1, 0.15) is 50.9 Å². The Kier molecular flexibility index (Phi) is 6.00. The van der Waals surface area contributed by atoms with Gasteiger partial charge in [0.15, 0.2) is 0 Å². The first kappa shape index (κ1) is 20.3. The molecule has 0 aliphatic heterocycles. The summed E-state index contributed by atoms with van der Waals surface area (Å²) < 4.78 is 4.92. The Labute approximate surface area is 170 Å². The predicted octanol–water partition coefficient (Wildman–Crippen LogP) is 4.86. The number of halogens is 1. The third kappa shape index (κ3) is 3.88. The fourth-order valence-corrected chi connectivity index (χ4v) is 4.93. The van der Waals surface area contributed by atoms with Gasteiger partial charge in [0.2, 0.25) is 0 Å². The molecule has 1 heterocycles. The number of esters is 1. The highest BCUT2D eigenvalue weighted by Gasteiger charge is 2.30. The van der Waals surface area contributed by atoms with Gasteiger partial charge in [-0.2, -0.15) is 0 Å². The molecule has 1 amide bonds. The second kappa shape index (κ2) is 8.28. The first-order chi connectivity index (χ1) is 13.3. The van der Waals surface area contributed by atoms with Crippen LogP contribution in [0.5, 0.6) is 0 Å². The monoisotopic (exact) mass is 422 g/mol. The van der Waals surface area contributed by atoms with Crippen molar-refractivity contribution in [3.05, 3.63) is 54.9 Å². The molecular weight excluding hydrogens is 404 g/mol. The molecule has 1 aliphatic carbocycles. The molecule has 7 nitrogen and oxygen atoms in total. The van der Waals surface area contributed by atoms with Crippen molar-refractivity contribution in [1.82, 2.24) is 0 Å². The number of nitro groups is 1. The molecule has 1 aromatic heterocycles. The number of hydrogen-bond donors (Lipinski definition) is 1. The molecule has 0 spiro atoms. The average Bonchev–Trinajstić information content (AvgIpc) is 3.04. The molecule has 1 atom stereocenters. The van der Waals surface area contributed by atoms with Crippen molar-refractivity contribution in [2.24, 2.45) is 5.92 Å². The fraction of sp³-hybridized carbons (Fsp3) is 0.368. The highest BCUT2D eigenvalue weighted by molar-refractivity contribution is 7.17. The average molecular weight is 423 g/mol. The van der Waals surface area contributed by atoms with E-state index in [1.165, 1.54) is 30.6 Å². The van der Waals surface area contributed by atoms with Crippen molar-refractivity contribution in [1.29, 1.82) is 0 Å². The Morgan fingerprint density at radius 3 is 2.82 bits per heavy atom. The highest BCUT2D eigenvalue weighted by atomic mass is 35.5. The Hall–Kier alpha value is -2.45. The molecule has 1 unspecified atom stereocenters. The minimum Gasteiger partial charge on any atom is -0.465 e. The van der Waals surface area contributed by atoms with Crippen LogP contribution in [0.25, 0.3) is 0 Å². The predicted molar refractivity (Wildman–Crippen MR) is 108 cm³/mol. The van der Waals surface area contributed by atoms with Crippen molar-refractivity contribution in [2.75, 3.05) is 12.4 Å². The number of thiophene rings is 1. The summed E-state index contributed by atoms with van der Waals surface area (Å²) in [6.45, 7) is 2.14. The number of hydrogen-bond acceptors (Lipinski definition) is 6. The number of methoxy groups -OCH3 is 1. The van der Waals surface area contributed by atoms with Crippen LogP contribution in [0, 0.1) is 16.0 Å². The Balaban J connectivity index is 1.97. The van der Waals surface area contributed by atoms with Gasteiger partial charge in [0.1, 0.15) is 5.00 Å². The molecule has 0 bridgehead atoms. The Morgan fingerprint density at radius 2 is 2.18 bits per heavy atom. The molecule has 2 aromatic rings. The third-order valence-corrected chi connectivity index (χ3v) is 6.47. The van der Waals surface area contributed by atoms with Gasteiger partial charge in [-0.05, 0) is 36.8 Å². The van der Waals surface area contributed by atoms with E-state index in [1.54, 1.807) is 0 Å². The lowest BCUT2D eigenvalue weighted by molar-refractivity contribution is -0.384. The standard InChI is InChI=1S/C19H19ClN2O5S/c1-3-10-4-6-12-15(8-10)28-18(16(12)19(24)27-2)21-17(23)13-9-11(22(25)26)5-7-14(13)20/h5,7,9-10H,3-4,6,8H2,1-2H3,(H,21,23). The zero-order valence-electron chi connectivity index (χ0n) is 15.4. The molecule has 28 heavy (non-hydrogen) atoms. The summed E-state index contributed by atoms with van der Waals surface area (Å²) >= 11 is 7.41. The molecule has 0 saturated heterocycles. The SMILES string of the molecule is CCC1CCc2c(sc(NC(=O)c3cc([N+](=O)[O-])ccc3Cl)c2C(=O)OC)C1. The van der Waals surface area contributed by atoms with E-state index in [1.807, 2.05) is 0 Å². The maximum absolute atomic E-state index is 12.7. The van der Waals surface area contributed by atoms with Crippen molar-refractivity contribution in [3.63, 3.8) is 0 Å². The summed E-state index contributed by atoms with van der Waals surface area (Å²) in [5.41, 5.74) is 1.03. The molecule has 0 fully saturated rings. The topological polar surface area (TPSA) is 98.5 Å². The van der Waals surface area contributed by atoms with Crippen LogP contribution in [-0.2, 0) is 17.6 Å². The molecule has 0 radical (unpaired) electrons. The molecule has 1 aromatic carbocycles. The van der Waals surface area contributed by atoms with E-state index in [-0.39, 0.29) is 16.3 Å². The molecular formula is C19H19ClN2O5S. The summed E-state index contributed by atoms with van der Waals surface area (Å²) in [5.74, 6) is -0.566. The molecule has 9 heteroatoms. The van der Waals surface area contributed by atoms with E-state index in [0.717, 1.165) is 42.2 Å². The zero-order valence-corrected chi connectivity index (χ0v) is 17.0. The number of rotatable bonds is 5. The molecule has 148 valence electrons. The third-order valence-electron chi connectivity index (χ3n) is 4.97. The van der Waals surface area contributed by atoms with Gasteiger partial charge in [-0.3, -0.25) is 14.9 Å². The molecule has 0 saturated carbocycles. The van der Waals surface area contributed by atoms with Gasteiger partial charge in [-0.1, -0.05) is 24.9 Å². The maximum atomic E-state index is 12.7. The number of anilines is 1. The van der Waals surface area contributed by atoms with E-state index >= 15 is 0 Å². The maximum Gasteiger partial charge on any atom is 0.341 e. The number of fused-ring (bicyclic) bond motifs is 1. The number of nitro benzene ring substituents is 1. The number of carbonyl (C=O) groups excluding carboxylic acids is 2. The summed E-state index contributed by atoms with van der Waals surface area (Å²) in [4.78, 5) is 36.6. The van der Waals surface area contributed by atoms with E-state index in [0.29, 0.717) is 16.5 Å². The van der Waals surface area contributed by atoms with E-state index < -0.39 is 16.8 Å². The van der Waals surface area contributed by atoms with Crippen molar-refractivity contribution >= 4 is 45.5 Å². The quantitative estimate of drug-likeness (QED) is 0.421. The Morgan fingerprint density at radius 1 is 1.43 bits per heavy atom. The number of amides is 1. The molecule has 1 N–H and O–H groups in total. The zero-order chi connectivity index (χ0) is 20.4. The van der Waals surface area contributed by atoms with Crippen LogP contribution in [0.15, 0.2) is 18.2 Å². The number of non-ortho nitro benzene ring substituents is 1. The summed E-state index contributed by atoms with van der Waals surface area (Å²) in [5, 5.41) is 14.2. The second-order valence-corrected chi connectivity index (χ2v) is 8.10. The largest absolute Gasteiger partial charge is 0.465 e. The Bertz CT molecular complexity index is 956. The normalized spacial score (nSPS) is 15.6. The molecule has 1 aliphatic rings. The van der Waals surface area contributed by atoms with Crippen molar-refractivity contribution < 1.29 is 19.2 Å². The number of nitrogens with zero attached hydrogens (tertiary/aromatic N) is 1. The van der Waals surface area contributed by atoms with Crippen molar-refractivity contribution in [3.8, 4) is 0 Å². The number of carbonyl (C=O) groups is 2. The van der Waals surface area contributed by atoms with Gasteiger partial charge in [0.05, 0.1) is 28.2 Å². The lowest BCUT2D eigenvalue weighted by Crippen LogP contribution is -2.17. The minimum absolute atomic E-state index is 0.0236. The summed E-state index contributed by atoms with van der Waals surface area (Å²) in [6.07, 6.45) is 3.64. The van der Waals surface area contributed by atoms with Crippen LogP contribution in [-0.4, -0.2) is 23.9 Å². The minimum atomic E-state index is -0.607. The van der Waals surface area contributed by atoms with E-state index in [9.17, 15) is 19.7 Å². The van der Waals surface area contributed by atoms with E-state index in [2.05, 4.69) is 12.2 Å². The molecule has 3 rings (SSSR count). The van der Waals surface area contributed by atoms with Crippen molar-refractivity contribution in [2.45, 2.75) is 32.6 Å². The lowest BCUT2D eigenvalue weighted by Gasteiger charge is -2.20. The van der Waals surface area contributed by atoms with Crippen LogP contribution < -0.4 is 5.32 Å². The first-order valence-corrected chi connectivity index (χ1v) is 10.0. The van der Waals surface area contributed by atoms with Gasteiger partial charge in [0.25, 0.3) is 11.6 Å². The van der Waals surface area contributed by atoms with Gasteiger partial charge < -0.3 is 10.1 Å². The van der Waals surface area contributed by atoms with Crippen LogP contribution >= 0.6 is 22.9 Å². The second-order valence-electron chi connectivity index (χ2n) is 6.59. The summed E-state index contributed by atoms with van der Waals surface area (Å²) in [7, 11) is 1.30. The number of ether oxygens (including phenoxy) is 1. The van der Waals surface area contributed by atoms with E-state index in [4.69, 9.17) is 16.3 Å². The lowest BCUT2D eigenvalue weighted by atomic mass is 9.85. The smallest absolute Gasteiger partial charge is 0.341 e. The highest BCUT2D eigenvalue weighted by Crippen LogP contribution is 2.41. The van der Waals surface area contributed by atoms with Crippen LogP contribution in [0.4, 0.5) is 10.7 Å². The van der Waals surface area contributed by atoms with Gasteiger partial charge in [-0.25, -0.2) is 4.79 Å². The first-order valence-electron chi connectivity index (χ1n) is 8.83. The van der Waals surface area contributed by atoms with Crippen LogP contribution in [0.3, 0.4) is 0 Å².